The largest absolute Gasteiger partial charge is 0.497 e. The van der Waals surface area contributed by atoms with Gasteiger partial charge in [0.25, 0.3) is 0 Å². The van der Waals surface area contributed by atoms with Crippen molar-refractivity contribution in [2.24, 2.45) is 0 Å². The minimum absolute atomic E-state index is 0.0698. The number of sulfonamides is 1. The summed E-state index contributed by atoms with van der Waals surface area (Å²) >= 11 is 7.30. The molecule has 8 nitrogen and oxygen atoms in total. The molecule has 1 aromatic heterocycles. The lowest BCUT2D eigenvalue weighted by Crippen LogP contribution is -2.23. The third-order valence-electron chi connectivity index (χ3n) is 4.26. The van der Waals surface area contributed by atoms with Crippen LogP contribution in [0.2, 0.25) is 5.02 Å². The molecule has 2 aromatic carbocycles. The van der Waals surface area contributed by atoms with Gasteiger partial charge in [-0.25, -0.2) is 17.7 Å². The van der Waals surface area contributed by atoms with E-state index in [1.165, 1.54) is 38.0 Å². The first-order chi connectivity index (χ1) is 14.7. The van der Waals surface area contributed by atoms with E-state index in [2.05, 4.69) is 10.3 Å². The number of methoxy groups -OCH3 is 1. The van der Waals surface area contributed by atoms with Gasteiger partial charge in [-0.1, -0.05) is 23.4 Å². The minimum Gasteiger partial charge on any atom is -0.497 e. The van der Waals surface area contributed by atoms with Crippen LogP contribution in [0.5, 0.6) is 5.75 Å². The van der Waals surface area contributed by atoms with Crippen molar-refractivity contribution in [3.63, 3.8) is 0 Å². The SMILES string of the molecule is COc1ccc(-n2ccnc2SCC(=O)Nc2ccc(Cl)c(S(=O)(=O)N(C)C)c2)cc1. The van der Waals surface area contributed by atoms with Gasteiger partial charge >= 0.3 is 0 Å². The second-order valence-corrected chi connectivity index (χ2v) is 10.0. The van der Waals surface area contributed by atoms with E-state index in [1.807, 2.05) is 28.8 Å². The molecule has 164 valence electrons. The molecule has 0 fully saturated rings. The maximum absolute atomic E-state index is 12.4. The maximum Gasteiger partial charge on any atom is 0.244 e. The molecular weight excluding hydrogens is 460 g/mol. The Hall–Kier alpha value is -2.53. The molecule has 1 heterocycles. The first-order valence-electron chi connectivity index (χ1n) is 9.05. The number of nitrogens with zero attached hydrogens (tertiary/aromatic N) is 3. The molecule has 0 unspecified atom stereocenters. The summed E-state index contributed by atoms with van der Waals surface area (Å²) in [6, 6.07) is 11.8. The van der Waals surface area contributed by atoms with Crippen molar-refractivity contribution >= 4 is 45.0 Å². The van der Waals surface area contributed by atoms with Crippen LogP contribution in [-0.2, 0) is 14.8 Å². The topological polar surface area (TPSA) is 93.5 Å². The molecule has 1 amide bonds. The Labute approximate surface area is 190 Å². The number of benzene rings is 2. The van der Waals surface area contributed by atoms with E-state index in [0.717, 1.165) is 15.7 Å². The molecule has 0 aliphatic heterocycles. The van der Waals surface area contributed by atoms with Gasteiger partial charge < -0.3 is 10.1 Å². The lowest BCUT2D eigenvalue weighted by molar-refractivity contribution is -0.113. The van der Waals surface area contributed by atoms with Gasteiger partial charge in [-0.2, -0.15) is 0 Å². The van der Waals surface area contributed by atoms with Gasteiger partial charge in [0.05, 0.1) is 17.9 Å². The van der Waals surface area contributed by atoms with E-state index >= 15 is 0 Å². The van der Waals surface area contributed by atoms with Crippen LogP contribution in [-0.4, -0.2) is 55.1 Å². The van der Waals surface area contributed by atoms with E-state index in [9.17, 15) is 13.2 Å². The van der Waals surface area contributed by atoms with Gasteiger partial charge in [0.1, 0.15) is 10.6 Å². The number of imidazole rings is 1. The highest BCUT2D eigenvalue weighted by Gasteiger charge is 2.21. The van der Waals surface area contributed by atoms with E-state index in [1.54, 1.807) is 25.6 Å². The number of anilines is 1. The van der Waals surface area contributed by atoms with Crippen molar-refractivity contribution in [1.29, 1.82) is 0 Å². The van der Waals surface area contributed by atoms with E-state index in [-0.39, 0.29) is 21.6 Å². The van der Waals surface area contributed by atoms with Gasteiger partial charge in [0.2, 0.25) is 15.9 Å². The molecule has 3 aromatic rings. The van der Waals surface area contributed by atoms with Crippen molar-refractivity contribution in [3.8, 4) is 11.4 Å². The van der Waals surface area contributed by atoms with Crippen LogP contribution < -0.4 is 10.1 Å². The third-order valence-corrected chi connectivity index (χ3v) is 7.53. The fourth-order valence-corrected chi connectivity index (χ4v) is 4.81. The fraction of sp³-hybridized carbons (Fsp3) is 0.200. The second-order valence-electron chi connectivity index (χ2n) is 6.55. The zero-order chi connectivity index (χ0) is 22.6. The van der Waals surface area contributed by atoms with Gasteiger partial charge in [-0.3, -0.25) is 9.36 Å². The second kappa shape index (κ2) is 9.73. The number of carbonyl (C=O) groups excluding carboxylic acids is 1. The van der Waals surface area contributed by atoms with Crippen molar-refractivity contribution in [3.05, 3.63) is 59.9 Å². The zero-order valence-corrected chi connectivity index (χ0v) is 19.5. The fourth-order valence-electron chi connectivity index (χ4n) is 2.64. The molecular formula is C20H21ClN4O4S2. The summed E-state index contributed by atoms with van der Waals surface area (Å²) < 4.78 is 32.9. The highest BCUT2D eigenvalue weighted by Crippen LogP contribution is 2.27. The summed E-state index contributed by atoms with van der Waals surface area (Å²) in [5, 5.41) is 3.43. The van der Waals surface area contributed by atoms with Crippen LogP contribution in [0.3, 0.4) is 0 Å². The highest BCUT2D eigenvalue weighted by atomic mass is 35.5. The number of amides is 1. The first kappa shape index (κ1) is 23.1. The molecule has 0 spiro atoms. The Morgan fingerprint density at radius 3 is 2.58 bits per heavy atom. The summed E-state index contributed by atoms with van der Waals surface area (Å²) in [6.45, 7) is 0. The lowest BCUT2D eigenvalue weighted by Gasteiger charge is -2.14. The molecule has 3 rings (SSSR count). The maximum atomic E-state index is 12.4. The summed E-state index contributed by atoms with van der Waals surface area (Å²) in [7, 11) is 0.701. The Morgan fingerprint density at radius 2 is 1.94 bits per heavy atom. The number of aromatic nitrogens is 2. The predicted octanol–water partition coefficient (Wildman–Crippen LogP) is 3.52. The van der Waals surface area contributed by atoms with Gasteiger partial charge in [-0.05, 0) is 42.5 Å². The lowest BCUT2D eigenvalue weighted by atomic mass is 10.3. The monoisotopic (exact) mass is 480 g/mol. The summed E-state index contributed by atoms with van der Waals surface area (Å²) in [4.78, 5) is 16.7. The Morgan fingerprint density at radius 1 is 1.23 bits per heavy atom. The van der Waals surface area contributed by atoms with E-state index < -0.39 is 10.0 Å². The number of thioether (sulfide) groups is 1. The number of halogens is 1. The average molecular weight is 481 g/mol. The smallest absolute Gasteiger partial charge is 0.244 e. The number of carbonyl (C=O) groups is 1. The van der Waals surface area contributed by atoms with Crippen molar-refractivity contribution in [2.75, 3.05) is 32.3 Å². The van der Waals surface area contributed by atoms with Gasteiger partial charge in [0, 0.05) is 37.9 Å². The minimum atomic E-state index is -3.73. The van der Waals surface area contributed by atoms with Crippen LogP contribution in [0, 0.1) is 0 Å². The van der Waals surface area contributed by atoms with E-state index in [4.69, 9.17) is 16.3 Å². The molecule has 11 heteroatoms. The number of hydrogen-bond acceptors (Lipinski definition) is 6. The number of ether oxygens (including phenoxy) is 1. The molecule has 0 saturated carbocycles. The van der Waals surface area contributed by atoms with Gasteiger partial charge in [0.15, 0.2) is 5.16 Å². The molecule has 0 aliphatic carbocycles. The summed E-state index contributed by atoms with van der Waals surface area (Å²) in [6.07, 6.45) is 3.46. The Bertz CT molecular complexity index is 1180. The Balaban J connectivity index is 1.69. The summed E-state index contributed by atoms with van der Waals surface area (Å²) in [5.41, 5.74) is 1.23. The van der Waals surface area contributed by atoms with Crippen LogP contribution >= 0.6 is 23.4 Å². The molecule has 0 saturated heterocycles. The zero-order valence-electron chi connectivity index (χ0n) is 17.1. The van der Waals surface area contributed by atoms with Crippen LogP contribution in [0.15, 0.2) is 64.9 Å². The average Bonchev–Trinajstić information content (AvgIpc) is 3.22. The van der Waals surface area contributed by atoms with Gasteiger partial charge in [-0.15, -0.1) is 0 Å². The van der Waals surface area contributed by atoms with Crippen LogP contribution in [0.4, 0.5) is 5.69 Å². The normalized spacial score (nSPS) is 11.5. The molecule has 0 radical (unpaired) electrons. The molecule has 0 bridgehead atoms. The van der Waals surface area contributed by atoms with E-state index in [0.29, 0.717) is 10.8 Å². The van der Waals surface area contributed by atoms with Crippen molar-refractivity contribution in [2.45, 2.75) is 10.1 Å². The van der Waals surface area contributed by atoms with Crippen LogP contribution in [0.1, 0.15) is 0 Å². The third kappa shape index (κ3) is 5.40. The molecule has 1 N–H and O–H groups in total. The highest BCUT2D eigenvalue weighted by molar-refractivity contribution is 7.99. The molecule has 0 aliphatic rings. The summed E-state index contributed by atoms with van der Waals surface area (Å²) in [5.74, 6) is 0.534. The first-order valence-corrected chi connectivity index (χ1v) is 11.8. The predicted molar refractivity (Wildman–Crippen MR) is 122 cm³/mol. The quantitative estimate of drug-likeness (QED) is 0.496. The molecule has 0 atom stereocenters. The van der Waals surface area contributed by atoms with Crippen molar-refractivity contribution in [1.82, 2.24) is 13.9 Å². The standard InChI is InChI=1S/C20H21ClN4O4S2/c1-24(2)31(27,28)18-12-14(4-9-17(18)21)23-19(26)13-30-20-22-10-11-25(20)15-5-7-16(29-3)8-6-15/h4-12H,13H2,1-3H3,(H,23,26). The van der Waals surface area contributed by atoms with Crippen LogP contribution in [0.25, 0.3) is 5.69 Å². The number of nitrogens with one attached hydrogen (secondary N) is 1. The number of rotatable bonds is 8. The Kier molecular flexibility index (Phi) is 7.26. The molecule has 31 heavy (non-hydrogen) atoms. The number of hydrogen-bond donors (Lipinski definition) is 1. The van der Waals surface area contributed by atoms with Crippen molar-refractivity contribution < 1.29 is 17.9 Å².